The summed E-state index contributed by atoms with van der Waals surface area (Å²) in [6.45, 7) is 6.46. The number of carbonyl (C=O) groups is 1. The number of rotatable bonds is 5. The van der Waals surface area contributed by atoms with Crippen molar-refractivity contribution >= 4 is 27.5 Å². The lowest BCUT2D eigenvalue weighted by Gasteiger charge is -2.37. The van der Waals surface area contributed by atoms with Gasteiger partial charge in [0.15, 0.2) is 0 Å². The van der Waals surface area contributed by atoms with Gasteiger partial charge in [0, 0.05) is 37.4 Å². The number of nitrogens with zero attached hydrogens (tertiary/aromatic N) is 3. The molecular weight excluding hydrogens is 428 g/mol. The first-order chi connectivity index (χ1) is 15.3. The quantitative estimate of drug-likeness (QED) is 0.744. The molecule has 0 saturated carbocycles. The van der Waals surface area contributed by atoms with E-state index in [1.807, 2.05) is 43.0 Å². The summed E-state index contributed by atoms with van der Waals surface area (Å²) in [6.07, 6.45) is 0. The summed E-state index contributed by atoms with van der Waals surface area (Å²) in [4.78, 5) is 22.2. The maximum absolute atomic E-state index is 13.3. The van der Waals surface area contributed by atoms with Crippen molar-refractivity contribution in [3.05, 3.63) is 54.1 Å². The molecule has 170 valence electrons. The van der Waals surface area contributed by atoms with Gasteiger partial charge in [-0.1, -0.05) is 26.0 Å². The first kappa shape index (κ1) is 22.1. The van der Waals surface area contributed by atoms with Gasteiger partial charge < -0.3 is 14.5 Å². The SMILES string of the molecule is COc1ccc(N2CCN(C(=O)[C@@H](N=C3NS(=O)(=O)c4ccccc43)C(C)C)CC2)cc1. The van der Waals surface area contributed by atoms with E-state index in [0.717, 1.165) is 24.5 Å². The monoisotopic (exact) mass is 456 g/mol. The Hall–Kier alpha value is -3.07. The van der Waals surface area contributed by atoms with E-state index in [2.05, 4.69) is 14.6 Å². The van der Waals surface area contributed by atoms with Crippen LogP contribution in [0.5, 0.6) is 5.75 Å². The fourth-order valence-electron chi connectivity index (χ4n) is 4.02. The second-order valence-electron chi connectivity index (χ2n) is 8.28. The molecule has 1 fully saturated rings. The molecule has 0 spiro atoms. The van der Waals surface area contributed by atoms with Crippen LogP contribution in [0.25, 0.3) is 0 Å². The number of methoxy groups -OCH3 is 1. The van der Waals surface area contributed by atoms with Crippen LogP contribution >= 0.6 is 0 Å². The normalized spacial score (nSPS) is 19.6. The number of sulfonamides is 1. The van der Waals surface area contributed by atoms with Crippen LogP contribution in [0, 0.1) is 5.92 Å². The molecule has 0 bridgehead atoms. The maximum atomic E-state index is 13.3. The molecule has 1 amide bonds. The smallest absolute Gasteiger partial charge is 0.263 e. The summed E-state index contributed by atoms with van der Waals surface area (Å²) >= 11 is 0. The minimum Gasteiger partial charge on any atom is -0.497 e. The Balaban J connectivity index is 1.48. The molecule has 4 rings (SSSR count). The highest BCUT2D eigenvalue weighted by Gasteiger charge is 2.34. The number of nitrogens with one attached hydrogen (secondary N) is 1. The second-order valence-corrected chi connectivity index (χ2v) is 9.93. The van der Waals surface area contributed by atoms with Gasteiger partial charge in [-0.25, -0.2) is 8.42 Å². The fraction of sp³-hybridized carbons (Fsp3) is 0.391. The van der Waals surface area contributed by atoms with Crippen LogP contribution in [0.1, 0.15) is 19.4 Å². The maximum Gasteiger partial charge on any atom is 0.263 e. The lowest BCUT2D eigenvalue weighted by atomic mass is 10.0. The Morgan fingerprint density at radius 1 is 1.03 bits per heavy atom. The zero-order chi connectivity index (χ0) is 22.9. The standard InChI is InChI=1S/C23H28N4O4S/c1-16(2)21(24-22-19-6-4-5-7-20(19)32(29,30)25-22)23(28)27-14-12-26(13-15-27)17-8-10-18(31-3)11-9-17/h4-11,16,21H,12-15H2,1-3H3,(H,24,25)/t21-/m0/s1. The number of hydrogen-bond acceptors (Lipinski definition) is 6. The van der Waals surface area contributed by atoms with Crippen molar-refractivity contribution in [1.82, 2.24) is 9.62 Å². The third-order valence-corrected chi connectivity index (χ3v) is 7.24. The molecule has 0 radical (unpaired) electrons. The molecule has 8 nitrogen and oxygen atoms in total. The van der Waals surface area contributed by atoms with E-state index < -0.39 is 16.1 Å². The van der Waals surface area contributed by atoms with Gasteiger partial charge >= 0.3 is 0 Å². The summed E-state index contributed by atoms with van der Waals surface area (Å²) in [5.41, 5.74) is 1.60. The molecule has 0 unspecified atom stereocenters. The van der Waals surface area contributed by atoms with Crippen molar-refractivity contribution in [3.8, 4) is 5.75 Å². The van der Waals surface area contributed by atoms with E-state index in [0.29, 0.717) is 18.7 Å². The molecule has 0 aliphatic carbocycles. The van der Waals surface area contributed by atoms with Crippen molar-refractivity contribution in [2.24, 2.45) is 10.9 Å². The Bertz CT molecular complexity index is 1120. The van der Waals surface area contributed by atoms with Crippen LogP contribution in [-0.4, -0.2) is 64.4 Å². The predicted molar refractivity (Wildman–Crippen MR) is 124 cm³/mol. The van der Waals surface area contributed by atoms with Crippen molar-refractivity contribution < 1.29 is 17.9 Å². The largest absolute Gasteiger partial charge is 0.497 e. The Morgan fingerprint density at radius 3 is 2.31 bits per heavy atom. The van der Waals surface area contributed by atoms with Crippen molar-refractivity contribution in [1.29, 1.82) is 0 Å². The zero-order valence-corrected chi connectivity index (χ0v) is 19.3. The topological polar surface area (TPSA) is 91.3 Å². The summed E-state index contributed by atoms with van der Waals surface area (Å²) in [5.74, 6) is 0.896. The molecular formula is C23H28N4O4S. The number of aliphatic imine (C=N–C) groups is 1. The number of benzene rings is 2. The van der Waals surface area contributed by atoms with E-state index in [4.69, 9.17) is 4.74 Å². The molecule has 1 saturated heterocycles. The number of amides is 1. The van der Waals surface area contributed by atoms with Gasteiger partial charge in [-0.3, -0.25) is 14.5 Å². The lowest BCUT2D eigenvalue weighted by Crippen LogP contribution is -2.52. The molecule has 2 aliphatic heterocycles. The van der Waals surface area contributed by atoms with E-state index >= 15 is 0 Å². The average Bonchev–Trinajstić information content (AvgIpc) is 3.07. The van der Waals surface area contributed by atoms with E-state index in [1.54, 1.807) is 31.4 Å². The number of carbonyl (C=O) groups excluding carboxylic acids is 1. The lowest BCUT2D eigenvalue weighted by molar-refractivity contribution is -0.133. The van der Waals surface area contributed by atoms with E-state index in [-0.39, 0.29) is 22.6 Å². The average molecular weight is 457 g/mol. The molecule has 1 atom stereocenters. The van der Waals surface area contributed by atoms with Crippen LogP contribution in [0.3, 0.4) is 0 Å². The Kier molecular flexibility index (Phi) is 6.10. The van der Waals surface area contributed by atoms with Crippen LogP contribution in [0.15, 0.2) is 58.4 Å². The van der Waals surface area contributed by atoms with Crippen molar-refractivity contribution in [3.63, 3.8) is 0 Å². The minimum atomic E-state index is -3.64. The molecule has 1 N–H and O–H groups in total. The summed E-state index contributed by atoms with van der Waals surface area (Å²) < 4.78 is 32.5. The highest BCUT2D eigenvalue weighted by atomic mass is 32.2. The second kappa shape index (κ2) is 8.82. The van der Waals surface area contributed by atoms with Gasteiger partial charge in [-0.15, -0.1) is 0 Å². The van der Waals surface area contributed by atoms with Crippen LogP contribution in [0.4, 0.5) is 5.69 Å². The highest BCUT2D eigenvalue weighted by molar-refractivity contribution is 7.90. The number of ether oxygens (including phenoxy) is 1. The number of piperazine rings is 1. The van der Waals surface area contributed by atoms with Gasteiger partial charge in [0.2, 0.25) is 5.91 Å². The number of anilines is 1. The van der Waals surface area contributed by atoms with Gasteiger partial charge in [-0.2, -0.15) is 0 Å². The Labute approximate surface area is 188 Å². The third kappa shape index (κ3) is 4.29. The minimum absolute atomic E-state index is 0.0770. The van der Waals surface area contributed by atoms with Gasteiger partial charge in [0.25, 0.3) is 10.0 Å². The van der Waals surface area contributed by atoms with Gasteiger partial charge in [0.05, 0.1) is 12.0 Å². The van der Waals surface area contributed by atoms with E-state index in [1.165, 1.54) is 0 Å². The molecule has 2 aromatic carbocycles. The van der Waals surface area contributed by atoms with Crippen molar-refractivity contribution in [2.75, 3.05) is 38.2 Å². The molecule has 0 aromatic heterocycles. The third-order valence-electron chi connectivity index (χ3n) is 5.84. The van der Waals surface area contributed by atoms with Crippen LogP contribution in [0.2, 0.25) is 0 Å². The first-order valence-corrected chi connectivity index (χ1v) is 12.2. The van der Waals surface area contributed by atoms with Gasteiger partial charge in [-0.05, 0) is 42.3 Å². The number of hydrogen-bond donors (Lipinski definition) is 1. The predicted octanol–water partition coefficient (Wildman–Crippen LogP) is 2.11. The Morgan fingerprint density at radius 2 is 1.69 bits per heavy atom. The summed E-state index contributed by atoms with van der Waals surface area (Å²) in [5, 5.41) is 0. The summed E-state index contributed by atoms with van der Waals surface area (Å²) in [6, 6.07) is 13.9. The fourth-order valence-corrected chi connectivity index (χ4v) is 5.26. The summed E-state index contributed by atoms with van der Waals surface area (Å²) in [7, 11) is -2.00. The zero-order valence-electron chi connectivity index (χ0n) is 18.5. The highest BCUT2D eigenvalue weighted by Crippen LogP contribution is 2.25. The number of amidine groups is 1. The molecule has 2 aromatic rings. The van der Waals surface area contributed by atoms with Crippen LogP contribution in [-0.2, 0) is 14.8 Å². The number of fused-ring (bicyclic) bond motifs is 1. The molecule has 32 heavy (non-hydrogen) atoms. The first-order valence-electron chi connectivity index (χ1n) is 10.7. The van der Waals surface area contributed by atoms with Crippen LogP contribution < -0.4 is 14.4 Å². The molecule has 2 aliphatic rings. The van der Waals surface area contributed by atoms with Crippen molar-refractivity contribution in [2.45, 2.75) is 24.8 Å². The molecule has 2 heterocycles. The van der Waals surface area contributed by atoms with E-state index in [9.17, 15) is 13.2 Å². The molecule has 9 heteroatoms. The van der Waals surface area contributed by atoms with Gasteiger partial charge in [0.1, 0.15) is 17.6 Å².